The molecule has 0 aromatic carbocycles. The topological polar surface area (TPSA) is 29.4 Å². The Morgan fingerprint density at radius 1 is 1.38 bits per heavy atom. The van der Waals surface area contributed by atoms with E-state index in [1.54, 1.807) is 6.92 Å². The second-order valence-corrected chi connectivity index (χ2v) is 5.75. The second kappa shape index (κ2) is 4.65. The zero-order valence-corrected chi connectivity index (χ0v) is 9.54. The fourth-order valence-corrected chi connectivity index (χ4v) is 0.944. The van der Waals surface area contributed by atoms with Crippen LogP contribution in [-0.2, 0) is 11.0 Å². The van der Waals surface area contributed by atoms with Gasteiger partial charge in [-0.1, -0.05) is 0 Å². The Morgan fingerprint density at radius 2 is 1.85 bits per heavy atom. The van der Waals surface area contributed by atoms with Crippen molar-refractivity contribution < 1.29 is 8.60 Å². The maximum absolute atomic E-state index is 12.5. The number of nitrogens with zero attached hydrogens (tertiary/aromatic N) is 1. The molecule has 0 aromatic heterocycles. The van der Waals surface area contributed by atoms with Crippen molar-refractivity contribution in [3.05, 3.63) is 11.4 Å². The Morgan fingerprint density at radius 3 is 2.15 bits per heavy atom. The van der Waals surface area contributed by atoms with Gasteiger partial charge in [-0.15, -0.1) is 0 Å². The first kappa shape index (κ1) is 12.5. The van der Waals surface area contributed by atoms with Gasteiger partial charge in [-0.25, -0.2) is 8.60 Å². The van der Waals surface area contributed by atoms with Gasteiger partial charge < -0.3 is 0 Å². The van der Waals surface area contributed by atoms with Crippen molar-refractivity contribution in [2.24, 2.45) is 4.40 Å². The lowest BCUT2D eigenvalue weighted by atomic mass is 10.3. The van der Waals surface area contributed by atoms with Crippen LogP contribution >= 0.6 is 0 Å². The summed E-state index contributed by atoms with van der Waals surface area (Å²) in [6.07, 6.45) is 1.32. The fourth-order valence-electron chi connectivity index (χ4n) is 0.374. The summed E-state index contributed by atoms with van der Waals surface area (Å²) in [5.41, 5.74) is 0.414. The molecule has 0 rings (SSSR count). The van der Waals surface area contributed by atoms with Crippen molar-refractivity contribution in [1.82, 2.24) is 0 Å². The number of rotatable bonds is 2. The van der Waals surface area contributed by atoms with Gasteiger partial charge in [0.1, 0.15) is 16.8 Å². The van der Waals surface area contributed by atoms with Crippen LogP contribution in [0.25, 0.3) is 0 Å². The average Bonchev–Trinajstić information content (AvgIpc) is 1.97. The van der Waals surface area contributed by atoms with Gasteiger partial charge >= 0.3 is 0 Å². The fraction of sp³-hybridized carbons (Fsp3) is 0.667. The molecule has 0 N–H and O–H groups in total. The summed E-state index contributed by atoms with van der Waals surface area (Å²) in [6, 6.07) is 0. The maximum atomic E-state index is 12.5. The van der Waals surface area contributed by atoms with E-state index in [4.69, 9.17) is 0 Å². The number of hydrogen-bond donors (Lipinski definition) is 0. The van der Waals surface area contributed by atoms with Gasteiger partial charge in [0, 0.05) is 6.21 Å². The minimum Gasteiger partial charge on any atom is -0.234 e. The highest BCUT2D eigenvalue weighted by atomic mass is 32.2. The van der Waals surface area contributed by atoms with Crippen LogP contribution in [0.5, 0.6) is 0 Å². The van der Waals surface area contributed by atoms with Gasteiger partial charge in [0.25, 0.3) is 0 Å². The van der Waals surface area contributed by atoms with E-state index in [1.165, 1.54) is 13.1 Å². The average molecular weight is 205 g/mol. The SMILES string of the molecule is CC(F)=C(C)C=NS(=O)C(C)(C)C. The lowest BCUT2D eigenvalue weighted by Gasteiger charge is -2.12. The molecule has 0 saturated heterocycles. The van der Waals surface area contributed by atoms with E-state index in [-0.39, 0.29) is 10.6 Å². The van der Waals surface area contributed by atoms with E-state index in [2.05, 4.69) is 4.40 Å². The molecule has 0 saturated carbocycles. The summed E-state index contributed by atoms with van der Waals surface area (Å²) in [5.74, 6) is -0.297. The number of allylic oxidation sites excluding steroid dienone is 2. The molecule has 0 radical (unpaired) electrons. The summed E-state index contributed by atoms with van der Waals surface area (Å²) in [5, 5.41) is 0. The standard InChI is InChI=1S/C9H16FNOS/c1-7(8(2)10)6-11-13(12)9(3,4)5/h6H,1-5H3. The molecule has 0 aliphatic carbocycles. The van der Waals surface area contributed by atoms with E-state index in [1.807, 2.05) is 20.8 Å². The molecule has 76 valence electrons. The smallest absolute Gasteiger partial charge is 0.144 e. The Hall–Kier alpha value is -0.510. The molecule has 4 heteroatoms. The molecule has 0 heterocycles. The predicted octanol–water partition coefficient (Wildman–Crippen LogP) is 2.78. The maximum Gasteiger partial charge on any atom is 0.144 e. The summed E-state index contributed by atoms with van der Waals surface area (Å²) < 4.78 is 27.3. The molecule has 0 fully saturated rings. The Bertz CT molecular complexity index is 259. The third kappa shape index (κ3) is 4.93. The third-order valence-electron chi connectivity index (χ3n) is 1.41. The van der Waals surface area contributed by atoms with Gasteiger partial charge in [-0.3, -0.25) is 0 Å². The lowest BCUT2D eigenvalue weighted by molar-refractivity contribution is 0.634. The second-order valence-electron chi connectivity index (χ2n) is 3.81. The van der Waals surface area contributed by atoms with Gasteiger partial charge in [-0.2, -0.15) is 4.40 Å². The largest absolute Gasteiger partial charge is 0.234 e. The summed E-state index contributed by atoms with van der Waals surface area (Å²) >= 11 is 0. The molecule has 13 heavy (non-hydrogen) atoms. The van der Waals surface area contributed by atoms with Crippen molar-refractivity contribution in [2.45, 2.75) is 39.4 Å². The monoisotopic (exact) mass is 205 g/mol. The minimum absolute atomic E-state index is 0.297. The van der Waals surface area contributed by atoms with E-state index in [0.717, 1.165) is 0 Å². The van der Waals surface area contributed by atoms with Crippen molar-refractivity contribution in [1.29, 1.82) is 0 Å². The van der Waals surface area contributed by atoms with Crippen molar-refractivity contribution >= 4 is 17.2 Å². The van der Waals surface area contributed by atoms with Gasteiger partial charge in [0.05, 0.1) is 4.75 Å². The molecule has 2 nitrogen and oxygen atoms in total. The molecule has 1 unspecified atom stereocenters. The highest BCUT2D eigenvalue weighted by Crippen LogP contribution is 2.12. The van der Waals surface area contributed by atoms with Crippen LogP contribution in [0.1, 0.15) is 34.6 Å². The first-order valence-corrected chi connectivity index (χ1v) is 5.15. The van der Waals surface area contributed by atoms with E-state index in [0.29, 0.717) is 5.57 Å². The summed E-state index contributed by atoms with van der Waals surface area (Å²) in [7, 11) is -1.31. The molecule has 0 amide bonds. The highest BCUT2D eigenvalue weighted by Gasteiger charge is 2.18. The van der Waals surface area contributed by atoms with Crippen LogP contribution in [0, 0.1) is 0 Å². The predicted molar refractivity (Wildman–Crippen MR) is 55.9 cm³/mol. The van der Waals surface area contributed by atoms with Crippen molar-refractivity contribution in [3.63, 3.8) is 0 Å². The normalized spacial score (nSPS) is 17.4. The Balaban J connectivity index is 4.48. The first-order chi connectivity index (χ1) is 5.75. The molecule has 0 aromatic rings. The summed E-state index contributed by atoms with van der Waals surface area (Å²) in [4.78, 5) is 0. The number of halogens is 1. The number of hydrogen-bond acceptors (Lipinski definition) is 1. The van der Waals surface area contributed by atoms with Crippen LogP contribution in [0.3, 0.4) is 0 Å². The highest BCUT2D eigenvalue weighted by molar-refractivity contribution is 7.85. The lowest BCUT2D eigenvalue weighted by Crippen LogP contribution is -2.19. The first-order valence-electron chi connectivity index (χ1n) is 4.04. The Kier molecular flexibility index (Phi) is 4.47. The zero-order valence-electron chi connectivity index (χ0n) is 8.72. The molecule has 0 bridgehead atoms. The van der Waals surface area contributed by atoms with E-state index < -0.39 is 11.0 Å². The van der Waals surface area contributed by atoms with Gasteiger partial charge in [-0.05, 0) is 40.2 Å². The van der Waals surface area contributed by atoms with Crippen LogP contribution in [0.4, 0.5) is 4.39 Å². The minimum atomic E-state index is -1.31. The third-order valence-corrected chi connectivity index (χ3v) is 2.75. The van der Waals surface area contributed by atoms with Crippen LogP contribution in [0.15, 0.2) is 15.8 Å². The molecular formula is C9H16FNOS. The van der Waals surface area contributed by atoms with E-state index >= 15 is 0 Å². The quantitative estimate of drug-likeness (QED) is 0.637. The van der Waals surface area contributed by atoms with Gasteiger partial charge in [0.15, 0.2) is 0 Å². The van der Waals surface area contributed by atoms with E-state index in [9.17, 15) is 8.60 Å². The van der Waals surface area contributed by atoms with Crippen molar-refractivity contribution in [2.75, 3.05) is 0 Å². The molecule has 0 aliphatic rings. The van der Waals surface area contributed by atoms with Crippen LogP contribution in [0.2, 0.25) is 0 Å². The zero-order chi connectivity index (χ0) is 10.6. The molecule has 0 spiro atoms. The molecular weight excluding hydrogens is 189 g/mol. The Labute approximate surface area is 81.5 Å². The van der Waals surface area contributed by atoms with Crippen LogP contribution < -0.4 is 0 Å². The summed E-state index contributed by atoms with van der Waals surface area (Å²) in [6.45, 7) is 8.41. The van der Waals surface area contributed by atoms with Crippen LogP contribution in [-0.4, -0.2) is 15.2 Å². The van der Waals surface area contributed by atoms with Crippen molar-refractivity contribution in [3.8, 4) is 0 Å². The molecule has 1 atom stereocenters. The molecule has 0 aliphatic heterocycles. The van der Waals surface area contributed by atoms with Gasteiger partial charge in [0.2, 0.25) is 0 Å².